The third-order valence-electron chi connectivity index (χ3n) is 4.71. The Kier molecular flexibility index (Phi) is 3.33. The van der Waals surface area contributed by atoms with Crippen LogP contribution in [0.3, 0.4) is 0 Å². The largest absolute Gasteiger partial charge is 0.318 e. The zero-order valence-electron chi connectivity index (χ0n) is 12.8. The van der Waals surface area contributed by atoms with Crippen LogP contribution in [-0.2, 0) is 4.79 Å². The summed E-state index contributed by atoms with van der Waals surface area (Å²) in [6.45, 7) is 8.59. The van der Waals surface area contributed by atoms with Crippen LogP contribution in [0.15, 0.2) is 24.3 Å². The minimum atomic E-state index is -0.0487. The van der Waals surface area contributed by atoms with Gasteiger partial charge in [-0.1, -0.05) is 45.0 Å². The van der Waals surface area contributed by atoms with Crippen LogP contribution in [0.25, 0.3) is 0 Å². The number of carbonyl (C=O) groups is 1. The molecule has 4 atom stereocenters. The van der Waals surface area contributed by atoms with E-state index in [2.05, 4.69) is 62.2 Å². The maximum Gasteiger partial charge on any atom is 0.241 e. The fraction of sp³-hybridized carbons (Fsp3) is 0.588. The molecule has 1 aromatic carbocycles. The lowest BCUT2D eigenvalue weighted by Crippen LogP contribution is -2.35. The van der Waals surface area contributed by atoms with Gasteiger partial charge in [0, 0.05) is 6.04 Å². The van der Waals surface area contributed by atoms with Crippen molar-refractivity contribution in [3.05, 3.63) is 35.4 Å². The number of hydrogen-bond acceptors (Lipinski definition) is 2. The van der Waals surface area contributed by atoms with Crippen LogP contribution in [0.5, 0.6) is 0 Å². The summed E-state index contributed by atoms with van der Waals surface area (Å²) in [5.74, 6) is 1.24. The summed E-state index contributed by atoms with van der Waals surface area (Å²) in [7, 11) is 0. The van der Waals surface area contributed by atoms with Gasteiger partial charge in [-0.15, -0.1) is 0 Å². The van der Waals surface area contributed by atoms with Gasteiger partial charge in [0.1, 0.15) is 6.17 Å². The Morgan fingerprint density at radius 3 is 2.50 bits per heavy atom. The van der Waals surface area contributed by atoms with Crippen LogP contribution in [0.1, 0.15) is 44.5 Å². The van der Waals surface area contributed by atoms with E-state index in [1.165, 1.54) is 11.1 Å². The first-order valence-electron chi connectivity index (χ1n) is 7.64. The molecule has 1 N–H and O–H groups in total. The van der Waals surface area contributed by atoms with Gasteiger partial charge in [0.25, 0.3) is 0 Å². The van der Waals surface area contributed by atoms with Gasteiger partial charge < -0.3 is 4.90 Å². The fourth-order valence-electron chi connectivity index (χ4n) is 3.27. The highest BCUT2D eigenvalue weighted by Crippen LogP contribution is 2.43. The maximum atomic E-state index is 12.7. The van der Waals surface area contributed by atoms with Crippen molar-refractivity contribution in [2.24, 2.45) is 11.8 Å². The number of nitrogens with one attached hydrogen (secondary N) is 1. The Hall–Kier alpha value is -1.35. The van der Waals surface area contributed by atoms with Gasteiger partial charge >= 0.3 is 0 Å². The van der Waals surface area contributed by atoms with Gasteiger partial charge in [0.2, 0.25) is 5.91 Å². The molecular formula is C17H24N2O. The summed E-state index contributed by atoms with van der Waals surface area (Å²) < 4.78 is 0. The molecule has 1 saturated heterocycles. The highest BCUT2D eigenvalue weighted by Gasteiger charge is 2.50. The molecule has 1 amide bonds. The van der Waals surface area contributed by atoms with E-state index in [9.17, 15) is 4.79 Å². The van der Waals surface area contributed by atoms with E-state index in [0.717, 1.165) is 6.42 Å². The molecule has 3 heteroatoms. The molecule has 2 fully saturated rings. The van der Waals surface area contributed by atoms with Crippen LogP contribution in [0, 0.1) is 18.8 Å². The van der Waals surface area contributed by atoms with E-state index in [4.69, 9.17) is 0 Å². The Balaban J connectivity index is 1.95. The third-order valence-corrected chi connectivity index (χ3v) is 4.71. The molecule has 1 aromatic rings. The van der Waals surface area contributed by atoms with Crippen molar-refractivity contribution in [3.63, 3.8) is 0 Å². The summed E-state index contributed by atoms with van der Waals surface area (Å²) in [5.41, 5.74) is 2.49. The molecule has 3 rings (SSSR count). The molecule has 2 aliphatic rings. The van der Waals surface area contributed by atoms with Crippen molar-refractivity contribution >= 4 is 5.91 Å². The molecular weight excluding hydrogens is 248 g/mol. The standard InChI is InChI=1S/C17H24N2O/c1-10(2)15-17(20)19(14-9-12(14)4)16(18-15)13-8-6-5-7-11(13)3/h5-8,10,12,14-16,18H,9H2,1-4H3. The summed E-state index contributed by atoms with van der Waals surface area (Å²) >= 11 is 0. The third kappa shape index (κ3) is 2.14. The lowest BCUT2D eigenvalue weighted by Gasteiger charge is -2.26. The number of rotatable bonds is 3. The molecule has 3 nitrogen and oxygen atoms in total. The van der Waals surface area contributed by atoms with Crippen LogP contribution < -0.4 is 5.32 Å². The molecule has 1 aliphatic heterocycles. The quantitative estimate of drug-likeness (QED) is 0.917. The fourth-order valence-corrected chi connectivity index (χ4v) is 3.27. The Morgan fingerprint density at radius 1 is 1.30 bits per heavy atom. The summed E-state index contributed by atoms with van der Waals surface area (Å²) in [4.78, 5) is 14.8. The second kappa shape index (κ2) is 4.88. The average molecular weight is 272 g/mol. The summed E-state index contributed by atoms with van der Waals surface area (Å²) in [5, 5.41) is 3.57. The molecule has 4 unspecified atom stereocenters. The van der Waals surface area contributed by atoms with Crippen molar-refractivity contribution in [3.8, 4) is 0 Å². The van der Waals surface area contributed by atoms with Crippen LogP contribution in [-0.4, -0.2) is 22.9 Å². The second-order valence-electron chi connectivity index (χ2n) is 6.67. The molecule has 0 radical (unpaired) electrons. The van der Waals surface area contributed by atoms with Crippen molar-refractivity contribution < 1.29 is 4.79 Å². The predicted octanol–water partition coefficient (Wildman–Crippen LogP) is 2.86. The van der Waals surface area contributed by atoms with Gasteiger partial charge in [-0.25, -0.2) is 0 Å². The van der Waals surface area contributed by atoms with Gasteiger partial charge in [0.05, 0.1) is 6.04 Å². The predicted molar refractivity (Wildman–Crippen MR) is 80.1 cm³/mol. The van der Waals surface area contributed by atoms with Gasteiger partial charge in [-0.2, -0.15) is 0 Å². The molecule has 0 spiro atoms. The van der Waals surface area contributed by atoms with E-state index in [1.807, 2.05) is 0 Å². The minimum Gasteiger partial charge on any atom is -0.318 e. The maximum absolute atomic E-state index is 12.7. The molecule has 108 valence electrons. The number of benzene rings is 1. The summed E-state index contributed by atoms with van der Waals surface area (Å²) in [6, 6.07) is 8.75. The van der Waals surface area contributed by atoms with E-state index in [1.54, 1.807) is 0 Å². The van der Waals surface area contributed by atoms with Crippen molar-refractivity contribution in [2.75, 3.05) is 0 Å². The first kappa shape index (κ1) is 13.6. The van der Waals surface area contributed by atoms with Crippen molar-refractivity contribution in [1.29, 1.82) is 0 Å². The number of hydrogen-bond donors (Lipinski definition) is 1. The molecule has 0 aromatic heterocycles. The molecule has 1 saturated carbocycles. The first-order valence-corrected chi connectivity index (χ1v) is 7.64. The van der Waals surface area contributed by atoms with E-state index in [-0.39, 0.29) is 18.1 Å². The van der Waals surface area contributed by atoms with E-state index < -0.39 is 0 Å². The average Bonchev–Trinajstić information content (AvgIpc) is 3.00. The van der Waals surface area contributed by atoms with Crippen LogP contribution >= 0.6 is 0 Å². The Bertz CT molecular complexity index is 525. The number of nitrogens with zero attached hydrogens (tertiary/aromatic N) is 1. The molecule has 1 aliphatic carbocycles. The lowest BCUT2D eigenvalue weighted by atomic mass is 10.0. The van der Waals surface area contributed by atoms with Crippen LogP contribution in [0.4, 0.5) is 0 Å². The van der Waals surface area contributed by atoms with E-state index >= 15 is 0 Å². The summed E-state index contributed by atoms with van der Waals surface area (Å²) in [6.07, 6.45) is 1.19. The number of aryl methyl sites for hydroxylation is 1. The van der Waals surface area contributed by atoms with Crippen LogP contribution in [0.2, 0.25) is 0 Å². The molecule has 1 heterocycles. The SMILES string of the molecule is Cc1ccccc1C1NC(C(C)C)C(=O)N1C1CC1C. The normalized spacial score (nSPS) is 33.0. The molecule has 20 heavy (non-hydrogen) atoms. The zero-order valence-corrected chi connectivity index (χ0v) is 12.8. The highest BCUT2D eigenvalue weighted by molar-refractivity contribution is 5.85. The monoisotopic (exact) mass is 272 g/mol. The van der Waals surface area contributed by atoms with E-state index in [0.29, 0.717) is 17.9 Å². The number of amides is 1. The minimum absolute atomic E-state index is 0.0473. The van der Waals surface area contributed by atoms with Crippen molar-refractivity contribution in [1.82, 2.24) is 10.2 Å². The topological polar surface area (TPSA) is 32.3 Å². The number of carbonyl (C=O) groups excluding carboxylic acids is 1. The Labute approximate surface area is 121 Å². The lowest BCUT2D eigenvalue weighted by molar-refractivity contribution is -0.131. The first-order chi connectivity index (χ1) is 9.50. The van der Waals surface area contributed by atoms with Crippen molar-refractivity contribution in [2.45, 2.75) is 52.4 Å². The highest BCUT2D eigenvalue weighted by atomic mass is 16.2. The Morgan fingerprint density at radius 2 is 1.95 bits per heavy atom. The zero-order chi connectivity index (χ0) is 14.4. The van der Waals surface area contributed by atoms with Gasteiger partial charge in [-0.05, 0) is 36.3 Å². The van der Waals surface area contributed by atoms with Gasteiger partial charge in [0.15, 0.2) is 0 Å². The smallest absolute Gasteiger partial charge is 0.241 e. The molecule has 0 bridgehead atoms. The second-order valence-corrected chi connectivity index (χ2v) is 6.67. The van der Waals surface area contributed by atoms with Gasteiger partial charge in [-0.3, -0.25) is 10.1 Å².